The molecule has 0 amide bonds. The van der Waals surface area contributed by atoms with Gasteiger partial charge in [-0.2, -0.15) is 0 Å². The van der Waals surface area contributed by atoms with Crippen LogP contribution in [-0.2, 0) is 12.5 Å². The molecule has 2 aromatic rings. The zero-order valence-electron chi connectivity index (χ0n) is 10.2. The topological polar surface area (TPSA) is 43.6 Å². The van der Waals surface area contributed by atoms with Gasteiger partial charge in [-0.1, -0.05) is 6.92 Å². The first kappa shape index (κ1) is 10.4. The van der Waals surface area contributed by atoms with Crippen LogP contribution in [0, 0.1) is 5.92 Å². The molecular formula is C13H16N4. The van der Waals surface area contributed by atoms with Crippen molar-refractivity contribution in [2.75, 3.05) is 0 Å². The number of aryl methyl sites for hydroxylation is 1. The van der Waals surface area contributed by atoms with Gasteiger partial charge < -0.3 is 4.57 Å². The Morgan fingerprint density at radius 3 is 2.53 bits per heavy atom. The third kappa shape index (κ3) is 1.47. The second-order valence-corrected chi connectivity index (χ2v) is 5.10. The second kappa shape index (κ2) is 3.65. The molecule has 2 heterocycles. The Balaban J connectivity index is 2.09. The summed E-state index contributed by atoms with van der Waals surface area (Å²) in [5.74, 6) is 1.82. The van der Waals surface area contributed by atoms with Crippen LogP contribution in [0.1, 0.15) is 31.2 Å². The molecule has 0 N–H and O–H groups in total. The molecule has 0 bridgehead atoms. The summed E-state index contributed by atoms with van der Waals surface area (Å²) in [5, 5.41) is 8.33. The van der Waals surface area contributed by atoms with Gasteiger partial charge in [-0.15, -0.1) is 10.2 Å². The molecule has 88 valence electrons. The van der Waals surface area contributed by atoms with Gasteiger partial charge in [-0.05, 0) is 36.5 Å². The lowest BCUT2D eigenvalue weighted by Crippen LogP contribution is -2.43. The Morgan fingerprint density at radius 1 is 1.29 bits per heavy atom. The minimum atomic E-state index is 0.0492. The summed E-state index contributed by atoms with van der Waals surface area (Å²) in [6.45, 7) is 2.29. The normalized spacial score (nSPS) is 27.8. The monoisotopic (exact) mass is 228 g/mol. The number of hydrogen-bond acceptors (Lipinski definition) is 3. The van der Waals surface area contributed by atoms with E-state index in [-0.39, 0.29) is 5.41 Å². The fourth-order valence-corrected chi connectivity index (χ4v) is 3.06. The van der Waals surface area contributed by atoms with Crippen molar-refractivity contribution in [2.45, 2.75) is 25.2 Å². The molecule has 0 aromatic carbocycles. The summed E-state index contributed by atoms with van der Waals surface area (Å²) in [7, 11) is 2.02. The zero-order valence-corrected chi connectivity index (χ0v) is 10.2. The van der Waals surface area contributed by atoms with E-state index in [0.29, 0.717) is 0 Å². The van der Waals surface area contributed by atoms with Gasteiger partial charge in [0, 0.05) is 19.4 Å². The first-order valence-electron chi connectivity index (χ1n) is 5.97. The Hall–Kier alpha value is -1.71. The van der Waals surface area contributed by atoms with Gasteiger partial charge in [0.05, 0.1) is 5.41 Å². The molecule has 1 aliphatic carbocycles. The van der Waals surface area contributed by atoms with E-state index < -0.39 is 0 Å². The molecule has 17 heavy (non-hydrogen) atoms. The van der Waals surface area contributed by atoms with Crippen LogP contribution in [0.25, 0.3) is 0 Å². The molecule has 0 aliphatic heterocycles. The van der Waals surface area contributed by atoms with Crippen LogP contribution in [0.3, 0.4) is 0 Å². The molecule has 3 rings (SSSR count). The number of hydrogen-bond donors (Lipinski definition) is 0. The summed E-state index contributed by atoms with van der Waals surface area (Å²) in [6, 6.07) is 4.20. The largest absolute Gasteiger partial charge is 0.320 e. The average Bonchev–Trinajstić information content (AvgIpc) is 2.72. The molecule has 1 aliphatic rings. The van der Waals surface area contributed by atoms with Crippen LogP contribution < -0.4 is 0 Å². The number of pyridine rings is 1. The van der Waals surface area contributed by atoms with Crippen molar-refractivity contribution >= 4 is 0 Å². The predicted molar refractivity (Wildman–Crippen MR) is 64.4 cm³/mol. The Labute approximate surface area is 101 Å². The lowest BCUT2D eigenvalue weighted by atomic mass is 9.59. The van der Waals surface area contributed by atoms with Gasteiger partial charge in [0.2, 0.25) is 0 Å². The second-order valence-electron chi connectivity index (χ2n) is 5.10. The van der Waals surface area contributed by atoms with Crippen molar-refractivity contribution in [2.24, 2.45) is 13.0 Å². The molecule has 4 nitrogen and oxygen atoms in total. The fraction of sp³-hybridized carbons (Fsp3) is 0.462. The van der Waals surface area contributed by atoms with Crippen molar-refractivity contribution in [3.05, 3.63) is 42.2 Å². The molecule has 1 fully saturated rings. The van der Waals surface area contributed by atoms with E-state index in [1.54, 1.807) is 6.33 Å². The standard InChI is InChI=1S/C13H16N4/c1-10-7-13(8-10,11-3-5-14-6-4-11)12-16-15-9-17(12)2/h3-6,9-10H,7-8H2,1-2H3. The lowest BCUT2D eigenvalue weighted by Gasteiger charge is -2.45. The zero-order chi connectivity index (χ0) is 11.9. The van der Waals surface area contributed by atoms with Gasteiger partial charge in [-0.3, -0.25) is 4.98 Å². The van der Waals surface area contributed by atoms with Gasteiger partial charge in [0.1, 0.15) is 12.2 Å². The molecule has 0 saturated heterocycles. The van der Waals surface area contributed by atoms with Crippen LogP contribution in [0.5, 0.6) is 0 Å². The highest BCUT2D eigenvalue weighted by atomic mass is 15.3. The highest BCUT2D eigenvalue weighted by molar-refractivity contribution is 5.35. The number of aromatic nitrogens is 4. The summed E-state index contributed by atoms with van der Waals surface area (Å²) < 4.78 is 2.03. The maximum Gasteiger partial charge on any atom is 0.143 e. The Kier molecular flexibility index (Phi) is 2.24. The van der Waals surface area contributed by atoms with Crippen molar-refractivity contribution in [3.8, 4) is 0 Å². The molecule has 1 saturated carbocycles. The van der Waals surface area contributed by atoms with Crippen molar-refractivity contribution in [3.63, 3.8) is 0 Å². The van der Waals surface area contributed by atoms with Crippen LogP contribution >= 0.6 is 0 Å². The maximum atomic E-state index is 4.31. The van der Waals surface area contributed by atoms with E-state index in [1.807, 2.05) is 24.0 Å². The third-order valence-electron chi connectivity index (χ3n) is 3.77. The van der Waals surface area contributed by atoms with Gasteiger partial charge in [-0.25, -0.2) is 0 Å². The Morgan fingerprint density at radius 2 is 2.00 bits per heavy atom. The maximum absolute atomic E-state index is 4.31. The van der Waals surface area contributed by atoms with E-state index in [9.17, 15) is 0 Å². The highest BCUT2D eigenvalue weighted by Crippen LogP contribution is 2.51. The molecule has 2 aromatic heterocycles. The molecule has 0 spiro atoms. The van der Waals surface area contributed by atoms with E-state index in [4.69, 9.17) is 0 Å². The smallest absolute Gasteiger partial charge is 0.143 e. The molecule has 0 radical (unpaired) electrons. The first-order chi connectivity index (χ1) is 8.22. The fourth-order valence-electron chi connectivity index (χ4n) is 3.06. The van der Waals surface area contributed by atoms with Crippen molar-refractivity contribution < 1.29 is 0 Å². The third-order valence-corrected chi connectivity index (χ3v) is 3.77. The Bertz CT molecular complexity index is 511. The number of rotatable bonds is 2. The van der Waals surface area contributed by atoms with Gasteiger partial charge in [0.25, 0.3) is 0 Å². The van der Waals surface area contributed by atoms with Crippen LogP contribution in [0.15, 0.2) is 30.9 Å². The summed E-state index contributed by atoms with van der Waals surface area (Å²) >= 11 is 0. The summed E-state index contributed by atoms with van der Waals surface area (Å²) in [5.41, 5.74) is 1.36. The van der Waals surface area contributed by atoms with Crippen LogP contribution in [0.4, 0.5) is 0 Å². The van der Waals surface area contributed by atoms with Crippen molar-refractivity contribution in [1.82, 2.24) is 19.7 Å². The van der Waals surface area contributed by atoms with Crippen molar-refractivity contribution in [1.29, 1.82) is 0 Å². The van der Waals surface area contributed by atoms with Crippen LogP contribution in [-0.4, -0.2) is 19.7 Å². The molecule has 0 atom stereocenters. The van der Waals surface area contributed by atoms with Gasteiger partial charge in [0.15, 0.2) is 0 Å². The SMILES string of the molecule is CC1CC(c2ccncc2)(c2nncn2C)C1. The summed E-state index contributed by atoms with van der Waals surface area (Å²) in [6.07, 6.45) is 7.78. The number of nitrogens with zero attached hydrogens (tertiary/aromatic N) is 4. The van der Waals surface area contributed by atoms with E-state index in [2.05, 4.69) is 34.2 Å². The quantitative estimate of drug-likeness (QED) is 0.788. The van der Waals surface area contributed by atoms with E-state index >= 15 is 0 Å². The van der Waals surface area contributed by atoms with E-state index in [0.717, 1.165) is 24.6 Å². The van der Waals surface area contributed by atoms with Crippen LogP contribution in [0.2, 0.25) is 0 Å². The lowest BCUT2D eigenvalue weighted by molar-refractivity contribution is 0.185. The first-order valence-corrected chi connectivity index (χ1v) is 5.97. The van der Waals surface area contributed by atoms with Gasteiger partial charge >= 0.3 is 0 Å². The molecule has 4 heteroatoms. The molecular weight excluding hydrogens is 212 g/mol. The summed E-state index contributed by atoms with van der Waals surface area (Å²) in [4.78, 5) is 4.10. The minimum Gasteiger partial charge on any atom is -0.320 e. The predicted octanol–water partition coefficient (Wildman–Crippen LogP) is 1.93. The minimum absolute atomic E-state index is 0.0492. The highest BCUT2D eigenvalue weighted by Gasteiger charge is 2.47. The average molecular weight is 228 g/mol. The van der Waals surface area contributed by atoms with E-state index in [1.165, 1.54) is 5.56 Å². The molecule has 0 unspecified atom stereocenters.